The fraction of sp³-hybridized carbons (Fsp3) is 0.340. The van der Waals surface area contributed by atoms with E-state index in [0.29, 0.717) is 39.7 Å². The minimum Gasteiger partial charge on any atom is -0.479 e. The predicted molar refractivity (Wildman–Crippen MR) is 251 cm³/mol. The number of carbonyl (C=O) groups excluding carboxylic acids is 5. The maximum atomic E-state index is 13.4. The Labute approximate surface area is 389 Å². The van der Waals surface area contributed by atoms with Crippen LogP contribution in [0.1, 0.15) is 94.8 Å². The number of aliphatic carboxylic acids is 1. The first-order valence-electron chi connectivity index (χ1n) is 21.6. The molecule has 0 bridgehead atoms. The van der Waals surface area contributed by atoms with Crippen LogP contribution in [0.5, 0.6) is 0 Å². The fourth-order valence-corrected chi connectivity index (χ4v) is 6.71. The first kappa shape index (κ1) is 50.3. The molecule has 0 aliphatic heterocycles. The van der Waals surface area contributed by atoms with Gasteiger partial charge in [0, 0.05) is 29.4 Å². The van der Waals surface area contributed by atoms with E-state index in [9.17, 15) is 33.9 Å². The Morgan fingerprint density at radius 2 is 1.43 bits per heavy atom. The van der Waals surface area contributed by atoms with Gasteiger partial charge in [0.1, 0.15) is 17.8 Å². The maximum absolute atomic E-state index is 13.4. The third-order valence-corrected chi connectivity index (χ3v) is 9.69. The second kappa shape index (κ2) is 22.5. The van der Waals surface area contributed by atoms with Crippen molar-refractivity contribution < 1.29 is 57.6 Å². The van der Waals surface area contributed by atoms with Crippen molar-refractivity contribution in [1.82, 2.24) is 10.3 Å². The van der Waals surface area contributed by atoms with Crippen molar-refractivity contribution in [3.8, 4) is 0 Å². The third kappa shape index (κ3) is 15.2. The highest BCUT2D eigenvalue weighted by atomic mass is 16.6. The lowest BCUT2D eigenvalue weighted by Crippen LogP contribution is -2.44. The lowest BCUT2D eigenvalue weighted by atomic mass is 9.98. The number of nitrogens with one attached hydrogen (secondary N) is 3. The van der Waals surface area contributed by atoms with Crippen LogP contribution in [-0.2, 0) is 46.3 Å². The number of carboxylic acid groups (broad SMARTS) is 1. The highest BCUT2D eigenvalue weighted by Gasteiger charge is 2.35. The largest absolute Gasteiger partial charge is 0.479 e. The zero-order valence-corrected chi connectivity index (χ0v) is 38.8. The van der Waals surface area contributed by atoms with Gasteiger partial charge < -0.3 is 39.4 Å². The molecule has 17 nitrogen and oxygen atoms in total. The van der Waals surface area contributed by atoms with Gasteiger partial charge in [-0.1, -0.05) is 60.7 Å². The van der Waals surface area contributed by atoms with Crippen LogP contribution in [0.25, 0.3) is 10.8 Å². The van der Waals surface area contributed by atoms with Crippen LogP contribution in [0.15, 0.2) is 103 Å². The number of carboxylic acids is 1. The molecule has 0 fully saturated rings. The summed E-state index contributed by atoms with van der Waals surface area (Å²) in [5.74, 6) is -1.69. The van der Waals surface area contributed by atoms with Crippen LogP contribution in [0.2, 0.25) is 0 Å². The molecule has 1 unspecified atom stereocenters. The van der Waals surface area contributed by atoms with E-state index in [1.54, 1.807) is 115 Å². The van der Waals surface area contributed by atoms with Crippen LogP contribution in [-0.4, -0.2) is 70.8 Å². The van der Waals surface area contributed by atoms with Gasteiger partial charge in [-0.25, -0.2) is 29.0 Å². The zero-order chi connectivity index (χ0) is 48.9. The molecule has 5 aromatic rings. The molecule has 4 N–H and O–H groups in total. The minimum atomic E-state index is -1.17. The molecule has 0 aliphatic rings. The number of pyridine rings is 1. The fourth-order valence-electron chi connectivity index (χ4n) is 6.71. The lowest BCUT2D eigenvalue weighted by Gasteiger charge is -2.28. The molecule has 4 aromatic carbocycles. The van der Waals surface area contributed by atoms with E-state index in [1.807, 2.05) is 37.3 Å². The highest BCUT2D eigenvalue weighted by Crippen LogP contribution is 2.32. The van der Waals surface area contributed by atoms with E-state index in [-0.39, 0.29) is 32.1 Å². The monoisotopic (exact) mass is 919 g/mol. The summed E-state index contributed by atoms with van der Waals surface area (Å²) in [5, 5.41) is 19.8. The Morgan fingerprint density at radius 1 is 0.731 bits per heavy atom. The van der Waals surface area contributed by atoms with E-state index >= 15 is 0 Å². The zero-order valence-electron chi connectivity index (χ0n) is 38.8. The Bertz CT molecular complexity index is 2540. The van der Waals surface area contributed by atoms with Gasteiger partial charge in [0.15, 0.2) is 11.9 Å². The molecular weight excluding hydrogens is 863 g/mol. The number of nitrogens with zero attached hydrogens (tertiary/aromatic N) is 2. The molecule has 67 heavy (non-hydrogen) atoms. The van der Waals surface area contributed by atoms with Crippen LogP contribution < -0.4 is 20.9 Å². The molecule has 0 saturated carbocycles. The minimum absolute atomic E-state index is 0.000167. The van der Waals surface area contributed by atoms with Gasteiger partial charge in [-0.05, 0) is 125 Å². The van der Waals surface area contributed by atoms with Gasteiger partial charge in [0.2, 0.25) is 0 Å². The van der Waals surface area contributed by atoms with E-state index in [0.717, 1.165) is 21.6 Å². The van der Waals surface area contributed by atoms with Crippen LogP contribution in [0, 0.1) is 6.92 Å². The smallest absolute Gasteiger partial charge is 0.425 e. The normalized spacial score (nSPS) is 12.2. The molecular formula is C50H57N5O12. The summed E-state index contributed by atoms with van der Waals surface area (Å²) in [6.07, 6.45) is -1.85. The third-order valence-electron chi connectivity index (χ3n) is 9.69. The Kier molecular flexibility index (Phi) is 16.9. The first-order chi connectivity index (χ1) is 31.7. The maximum Gasteiger partial charge on any atom is 0.425 e. The SMILES string of the molecule is CCOC(=O)C[C@@H](NC(=O)OCc1ccccc1)c1cccc(NC(=O)OCCc2ccc(C(Nc3ccc4c(N(C(=O)OC(C)(C)C)C(=O)OC(C)(C)C)nccc4c3)C(=O)O)cc2C)c1. The number of rotatable bonds is 16. The molecule has 0 aliphatic carbocycles. The number of fused-ring (bicyclic) bond motifs is 1. The lowest BCUT2D eigenvalue weighted by molar-refractivity contribution is -0.143. The molecule has 17 heteroatoms. The number of imide groups is 1. The summed E-state index contributed by atoms with van der Waals surface area (Å²) < 4.78 is 27.0. The first-order valence-corrected chi connectivity index (χ1v) is 21.6. The summed E-state index contributed by atoms with van der Waals surface area (Å²) in [5.41, 5.74) is 2.30. The number of anilines is 3. The quantitative estimate of drug-likeness (QED) is 0.0534. The number of carbonyl (C=O) groups is 6. The number of ether oxygens (including phenoxy) is 5. The van der Waals surface area contributed by atoms with Gasteiger partial charge in [-0.3, -0.25) is 10.1 Å². The Hall–Kier alpha value is -7.69. The molecule has 354 valence electrons. The summed E-state index contributed by atoms with van der Waals surface area (Å²) in [6, 6.07) is 25.5. The number of hydrogen-bond acceptors (Lipinski definition) is 13. The molecule has 0 spiro atoms. The average molecular weight is 920 g/mol. The highest BCUT2D eigenvalue weighted by molar-refractivity contribution is 6.14. The topological polar surface area (TPSA) is 221 Å². The van der Waals surface area contributed by atoms with Crippen LogP contribution in [0.4, 0.5) is 36.4 Å². The summed E-state index contributed by atoms with van der Waals surface area (Å²) in [7, 11) is 0. The second-order valence-electron chi connectivity index (χ2n) is 17.4. The van der Waals surface area contributed by atoms with Gasteiger partial charge in [0.25, 0.3) is 0 Å². The molecule has 1 aromatic heterocycles. The van der Waals surface area contributed by atoms with Gasteiger partial charge in [-0.15, -0.1) is 0 Å². The van der Waals surface area contributed by atoms with Gasteiger partial charge in [-0.2, -0.15) is 4.90 Å². The van der Waals surface area contributed by atoms with Crippen molar-refractivity contribution in [2.45, 2.75) is 98.1 Å². The number of alkyl carbamates (subject to hydrolysis) is 1. The average Bonchev–Trinajstić information content (AvgIpc) is 3.24. The molecule has 0 radical (unpaired) electrons. The molecule has 5 rings (SSSR count). The van der Waals surface area contributed by atoms with Crippen molar-refractivity contribution in [1.29, 1.82) is 0 Å². The number of esters is 1. The number of hydrogen-bond donors (Lipinski definition) is 4. The summed E-state index contributed by atoms with van der Waals surface area (Å²) in [6.45, 7) is 13.7. The molecule has 2 atom stereocenters. The summed E-state index contributed by atoms with van der Waals surface area (Å²) >= 11 is 0. The van der Waals surface area contributed by atoms with E-state index < -0.39 is 59.6 Å². The number of amides is 4. The van der Waals surface area contributed by atoms with Crippen molar-refractivity contribution in [2.75, 3.05) is 28.7 Å². The molecule has 4 amide bonds. The van der Waals surface area contributed by atoms with Crippen LogP contribution in [0.3, 0.4) is 0 Å². The van der Waals surface area contributed by atoms with Crippen LogP contribution >= 0.6 is 0 Å². The Balaban J connectivity index is 1.22. The van der Waals surface area contributed by atoms with Gasteiger partial charge in [0.05, 0.1) is 25.7 Å². The van der Waals surface area contributed by atoms with Crippen molar-refractivity contribution >= 4 is 64.3 Å². The Morgan fingerprint density at radius 3 is 2.07 bits per heavy atom. The number of aryl methyl sites for hydroxylation is 1. The van der Waals surface area contributed by atoms with E-state index in [2.05, 4.69) is 20.9 Å². The van der Waals surface area contributed by atoms with Gasteiger partial charge >= 0.3 is 36.3 Å². The van der Waals surface area contributed by atoms with Crippen molar-refractivity contribution in [2.24, 2.45) is 0 Å². The van der Waals surface area contributed by atoms with E-state index in [4.69, 9.17) is 23.7 Å². The standard InChI is InChI=1S/C50H57N5O12/c1-9-63-41(56)29-40(54-46(60)65-30-32-14-11-10-12-15-32)35-16-13-17-37(28-35)53-45(59)64-25-23-33-18-19-36(26-31(33)2)42(44(57)58)52-38-20-21-39-34(27-38)22-24-51-43(39)55(47(61)66-49(3,4)5)48(62)67-50(6,7)8/h10-22,24,26-28,40,42,52H,9,23,25,29-30H2,1-8H3,(H,53,59)(H,54,60)(H,57,58)/t40-,42?/m1/s1. The predicted octanol–water partition coefficient (Wildman–Crippen LogP) is 10.2. The molecule has 1 heterocycles. The van der Waals surface area contributed by atoms with Crippen molar-refractivity contribution in [3.05, 3.63) is 131 Å². The van der Waals surface area contributed by atoms with Crippen molar-refractivity contribution in [3.63, 3.8) is 0 Å². The number of benzene rings is 4. The molecule has 0 saturated heterocycles. The summed E-state index contributed by atoms with van der Waals surface area (Å²) in [4.78, 5) is 82.5. The van der Waals surface area contributed by atoms with E-state index in [1.165, 1.54) is 6.20 Å². The second-order valence-corrected chi connectivity index (χ2v) is 17.4. The number of aromatic nitrogens is 1.